The van der Waals surface area contributed by atoms with Gasteiger partial charge in [-0.15, -0.1) is 23.7 Å². The van der Waals surface area contributed by atoms with Crippen LogP contribution in [0.5, 0.6) is 0 Å². The summed E-state index contributed by atoms with van der Waals surface area (Å²) in [4.78, 5) is 8.42. The summed E-state index contributed by atoms with van der Waals surface area (Å²) in [7, 11) is 0. The fourth-order valence-electron chi connectivity index (χ4n) is 2.48. The van der Waals surface area contributed by atoms with E-state index in [1.54, 1.807) is 0 Å². The Bertz CT molecular complexity index is 403. The van der Waals surface area contributed by atoms with Crippen molar-refractivity contribution in [2.45, 2.75) is 52.6 Å². The number of likely N-dealkylation sites (tertiary alicyclic amines) is 1. The van der Waals surface area contributed by atoms with Crippen molar-refractivity contribution in [3.05, 3.63) is 16.1 Å². The van der Waals surface area contributed by atoms with Crippen LogP contribution in [0.25, 0.3) is 0 Å². The second-order valence-corrected chi connectivity index (χ2v) is 7.55. The van der Waals surface area contributed by atoms with Crippen LogP contribution in [0.2, 0.25) is 0 Å². The number of aromatic nitrogens is 1. The van der Waals surface area contributed by atoms with Gasteiger partial charge in [0.2, 0.25) is 0 Å². The maximum atomic E-state index is 6.17. The summed E-state index contributed by atoms with van der Waals surface area (Å²) in [6.07, 6.45) is 3.13. The van der Waals surface area contributed by atoms with Crippen molar-refractivity contribution in [2.75, 3.05) is 13.1 Å². The molecule has 1 saturated heterocycles. The zero-order valence-corrected chi connectivity index (χ0v) is 14.0. The Kier molecular flexibility index (Phi) is 5.80. The van der Waals surface area contributed by atoms with Crippen molar-refractivity contribution in [1.29, 1.82) is 0 Å². The first-order valence-electron chi connectivity index (χ1n) is 6.81. The fourth-order valence-corrected chi connectivity index (χ4v) is 3.44. The summed E-state index contributed by atoms with van der Waals surface area (Å²) >= 11 is 1.85. The van der Waals surface area contributed by atoms with E-state index >= 15 is 0 Å². The van der Waals surface area contributed by atoms with Crippen LogP contribution in [-0.2, 0) is 6.54 Å². The molecule has 0 spiro atoms. The lowest BCUT2D eigenvalue weighted by atomic mass is 9.80. The maximum absolute atomic E-state index is 6.17. The summed E-state index contributed by atoms with van der Waals surface area (Å²) in [5, 5.41) is 1.24. The van der Waals surface area contributed by atoms with Crippen LogP contribution in [0.3, 0.4) is 0 Å². The third-order valence-corrected chi connectivity index (χ3v) is 5.17. The van der Waals surface area contributed by atoms with Gasteiger partial charge in [0.05, 0.1) is 6.54 Å². The maximum Gasteiger partial charge on any atom is 0.107 e. The van der Waals surface area contributed by atoms with Crippen molar-refractivity contribution >= 4 is 23.7 Å². The molecule has 1 atom stereocenters. The fraction of sp³-hybridized carbons (Fsp3) is 0.786. The zero-order valence-electron chi connectivity index (χ0n) is 12.3. The number of hydrogen-bond acceptors (Lipinski definition) is 4. The van der Waals surface area contributed by atoms with Crippen LogP contribution in [0.15, 0.2) is 6.20 Å². The molecule has 2 heterocycles. The number of rotatable bonds is 3. The van der Waals surface area contributed by atoms with Crippen molar-refractivity contribution in [3.63, 3.8) is 0 Å². The van der Waals surface area contributed by atoms with Gasteiger partial charge in [0, 0.05) is 30.2 Å². The Morgan fingerprint density at radius 1 is 1.53 bits per heavy atom. The predicted molar refractivity (Wildman–Crippen MR) is 85.1 cm³/mol. The highest BCUT2D eigenvalue weighted by molar-refractivity contribution is 7.11. The van der Waals surface area contributed by atoms with Gasteiger partial charge in [-0.1, -0.05) is 27.7 Å². The van der Waals surface area contributed by atoms with Gasteiger partial charge in [0.15, 0.2) is 0 Å². The molecule has 0 aliphatic carbocycles. The number of hydrogen-bond donors (Lipinski definition) is 1. The zero-order chi connectivity index (χ0) is 13.3. The first-order chi connectivity index (χ1) is 8.38. The van der Waals surface area contributed by atoms with Gasteiger partial charge in [-0.3, -0.25) is 4.90 Å². The second-order valence-electron chi connectivity index (χ2n) is 6.41. The Balaban J connectivity index is 0.00000180. The number of nitrogens with two attached hydrogens (primary N) is 1. The van der Waals surface area contributed by atoms with Crippen molar-refractivity contribution in [3.8, 4) is 0 Å². The van der Waals surface area contributed by atoms with Crippen LogP contribution in [-0.4, -0.2) is 29.0 Å². The molecular weight excluding hydrogens is 278 g/mol. The van der Waals surface area contributed by atoms with E-state index in [1.165, 1.54) is 9.88 Å². The van der Waals surface area contributed by atoms with E-state index in [4.69, 9.17) is 5.73 Å². The van der Waals surface area contributed by atoms with Crippen molar-refractivity contribution < 1.29 is 0 Å². The lowest BCUT2D eigenvalue weighted by molar-refractivity contribution is 0.0898. The van der Waals surface area contributed by atoms with E-state index in [9.17, 15) is 0 Å². The van der Waals surface area contributed by atoms with Gasteiger partial charge >= 0.3 is 0 Å². The molecule has 19 heavy (non-hydrogen) atoms. The van der Waals surface area contributed by atoms with E-state index in [0.717, 1.165) is 26.1 Å². The average molecular weight is 304 g/mol. The lowest BCUT2D eigenvalue weighted by Crippen LogP contribution is -2.52. The standard InChI is InChI=1S/C14H25N3S.ClH/c1-10(2)11-7-16-13(18-11)8-17-6-5-12(15)14(3,4)9-17;/h7,10,12H,5-6,8-9,15H2,1-4H3;1H. The monoisotopic (exact) mass is 303 g/mol. The smallest absolute Gasteiger partial charge is 0.107 e. The number of thiazole rings is 1. The first-order valence-corrected chi connectivity index (χ1v) is 7.62. The summed E-state index contributed by atoms with van der Waals surface area (Å²) in [6.45, 7) is 12.1. The SMILES string of the molecule is CC(C)c1cnc(CN2CCC(N)C(C)(C)C2)s1.Cl. The molecular formula is C14H26ClN3S. The van der Waals surface area contributed by atoms with Crippen LogP contribution < -0.4 is 5.73 Å². The van der Waals surface area contributed by atoms with Crippen molar-refractivity contribution in [2.24, 2.45) is 11.1 Å². The summed E-state index contributed by atoms with van der Waals surface area (Å²) < 4.78 is 0. The van der Waals surface area contributed by atoms with Gasteiger partial charge in [0.1, 0.15) is 5.01 Å². The first kappa shape index (κ1) is 16.9. The van der Waals surface area contributed by atoms with E-state index < -0.39 is 0 Å². The molecule has 2 N–H and O–H groups in total. The third-order valence-electron chi connectivity index (χ3n) is 3.89. The molecule has 1 unspecified atom stereocenters. The number of nitrogens with zero attached hydrogens (tertiary/aromatic N) is 2. The van der Waals surface area contributed by atoms with E-state index in [-0.39, 0.29) is 17.8 Å². The topological polar surface area (TPSA) is 42.2 Å². The number of halogens is 1. The molecule has 1 aromatic rings. The molecule has 0 amide bonds. The molecule has 1 aliphatic heterocycles. The Hall–Kier alpha value is -0.160. The van der Waals surface area contributed by atoms with Gasteiger partial charge in [-0.25, -0.2) is 4.98 Å². The minimum Gasteiger partial charge on any atom is -0.327 e. The van der Waals surface area contributed by atoms with E-state index in [1.807, 2.05) is 17.5 Å². The molecule has 0 saturated carbocycles. The average Bonchev–Trinajstić information content (AvgIpc) is 2.72. The normalized spacial score (nSPS) is 23.4. The Morgan fingerprint density at radius 3 is 2.74 bits per heavy atom. The molecule has 1 fully saturated rings. The van der Waals surface area contributed by atoms with Gasteiger partial charge in [-0.2, -0.15) is 0 Å². The Labute approximate surface area is 127 Å². The van der Waals surface area contributed by atoms with Gasteiger partial charge < -0.3 is 5.73 Å². The number of piperidine rings is 1. The van der Waals surface area contributed by atoms with E-state index in [0.29, 0.717) is 12.0 Å². The summed E-state index contributed by atoms with van der Waals surface area (Å²) in [6, 6.07) is 0.330. The molecule has 3 nitrogen and oxygen atoms in total. The quantitative estimate of drug-likeness (QED) is 0.932. The highest BCUT2D eigenvalue weighted by Gasteiger charge is 2.33. The van der Waals surface area contributed by atoms with Gasteiger partial charge in [-0.05, 0) is 17.8 Å². The molecule has 0 aromatic carbocycles. The van der Waals surface area contributed by atoms with Crippen LogP contribution >= 0.6 is 23.7 Å². The summed E-state index contributed by atoms with van der Waals surface area (Å²) in [5.74, 6) is 0.586. The predicted octanol–water partition coefficient (Wildman–Crippen LogP) is 3.25. The molecule has 5 heteroatoms. The lowest BCUT2D eigenvalue weighted by Gasteiger charge is -2.42. The Morgan fingerprint density at radius 2 is 2.21 bits per heavy atom. The largest absolute Gasteiger partial charge is 0.327 e. The van der Waals surface area contributed by atoms with Gasteiger partial charge in [0.25, 0.3) is 0 Å². The minimum atomic E-state index is 0. The summed E-state index contributed by atoms with van der Waals surface area (Å²) in [5.41, 5.74) is 6.39. The highest BCUT2D eigenvalue weighted by atomic mass is 35.5. The third kappa shape index (κ3) is 4.15. The van der Waals surface area contributed by atoms with Crippen LogP contribution in [0.4, 0.5) is 0 Å². The highest BCUT2D eigenvalue weighted by Crippen LogP contribution is 2.29. The molecule has 1 aromatic heterocycles. The molecule has 0 bridgehead atoms. The van der Waals surface area contributed by atoms with Crippen LogP contribution in [0, 0.1) is 5.41 Å². The van der Waals surface area contributed by atoms with E-state index in [2.05, 4.69) is 37.6 Å². The second kappa shape index (κ2) is 6.53. The van der Waals surface area contributed by atoms with Crippen molar-refractivity contribution in [1.82, 2.24) is 9.88 Å². The molecule has 2 rings (SSSR count). The molecule has 1 aliphatic rings. The van der Waals surface area contributed by atoms with Crippen LogP contribution in [0.1, 0.15) is 49.9 Å². The molecule has 110 valence electrons. The minimum absolute atomic E-state index is 0. The molecule has 0 radical (unpaired) electrons.